The van der Waals surface area contributed by atoms with Crippen LogP contribution in [0.15, 0.2) is 17.7 Å². The second-order valence-electron chi connectivity index (χ2n) is 7.15. The molecule has 0 fully saturated rings. The Morgan fingerprint density at radius 3 is 2.77 bits per heavy atom. The van der Waals surface area contributed by atoms with Crippen LogP contribution in [0.3, 0.4) is 0 Å². The molecule has 0 amide bonds. The molecule has 3 nitrogen and oxygen atoms in total. The Morgan fingerprint density at radius 2 is 2.09 bits per heavy atom. The molecule has 22 heavy (non-hydrogen) atoms. The number of benzene rings is 1. The van der Waals surface area contributed by atoms with Crippen LogP contribution in [-0.4, -0.2) is 11.6 Å². The average Bonchev–Trinajstić information content (AvgIpc) is 2.35. The van der Waals surface area contributed by atoms with Gasteiger partial charge in [-0.15, -0.1) is 0 Å². The maximum atomic E-state index is 11.5. The quantitative estimate of drug-likeness (QED) is 0.558. The zero-order valence-corrected chi connectivity index (χ0v) is 14.1. The molecule has 0 aromatic heterocycles. The van der Waals surface area contributed by atoms with Crippen LogP contribution in [0.5, 0.6) is 11.5 Å². The van der Waals surface area contributed by atoms with E-state index < -0.39 is 0 Å². The maximum Gasteiger partial charge on any atom is 0.308 e. The Bertz CT molecular complexity index is 668. The van der Waals surface area contributed by atoms with E-state index in [1.165, 1.54) is 24.5 Å². The van der Waals surface area contributed by atoms with Gasteiger partial charge in [0.1, 0.15) is 17.1 Å². The minimum Gasteiger partial charge on any atom is -0.483 e. The lowest BCUT2D eigenvalue weighted by Gasteiger charge is -2.41. The highest BCUT2D eigenvalue weighted by Gasteiger charge is 2.38. The molecule has 118 valence electrons. The second kappa shape index (κ2) is 5.15. The van der Waals surface area contributed by atoms with Crippen LogP contribution in [0.25, 0.3) is 5.57 Å². The van der Waals surface area contributed by atoms with Crippen molar-refractivity contribution in [2.24, 2.45) is 5.92 Å². The lowest BCUT2D eigenvalue weighted by molar-refractivity contribution is -0.131. The molecule has 1 aliphatic heterocycles. The van der Waals surface area contributed by atoms with Gasteiger partial charge in [0.25, 0.3) is 0 Å². The summed E-state index contributed by atoms with van der Waals surface area (Å²) in [5.74, 6) is 1.84. The van der Waals surface area contributed by atoms with E-state index in [2.05, 4.69) is 20.8 Å². The molecular formula is C19H24O3. The topological polar surface area (TPSA) is 35.5 Å². The summed E-state index contributed by atoms with van der Waals surface area (Å²) in [7, 11) is 0. The molecule has 0 spiro atoms. The predicted molar refractivity (Wildman–Crippen MR) is 87.1 cm³/mol. The van der Waals surface area contributed by atoms with Crippen molar-refractivity contribution in [1.82, 2.24) is 0 Å². The fourth-order valence-electron chi connectivity index (χ4n) is 3.70. The second-order valence-corrected chi connectivity index (χ2v) is 7.15. The summed E-state index contributed by atoms with van der Waals surface area (Å²) in [5.41, 5.74) is 4.42. The van der Waals surface area contributed by atoms with Gasteiger partial charge in [-0.1, -0.05) is 6.92 Å². The van der Waals surface area contributed by atoms with Gasteiger partial charge in [0.15, 0.2) is 0 Å². The third-order valence-corrected chi connectivity index (χ3v) is 4.66. The van der Waals surface area contributed by atoms with Crippen LogP contribution < -0.4 is 9.47 Å². The Morgan fingerprint density at radius 1 is 1.36 bits per heavy atom. The molecule has 1 aromatic carbocycles. The van der Waals surface area contributed by atoms with Gasteiger partial charge >= 0.3 is 5.97 Å². The fraction of sp³-hybridized carbons (Fsp3) is 0.526. The third-order valence-electron chi connectivity index (χ3n) is 4.66. The van der Waals surface area contributed by atoms with Crippen molar-refractivity contribution >= 4 is 11.5 Å². The molecule has 2 aliphatic rings. The highest BCUT2D eigenvalue weighted by atomic mass is 16.5. The zero-order valence-electron chi connectivity index (χ0n) is 14.1. The largest absolute Gasteiger partial charge is 0.483 e. The van der Waals surface area contributed by atoms with Gasteiger partial charge in [-0.05, 0) is 74.8 Å². The van der Waals surface area contributed by atoms with E-state index in [9.17, 15) is 4.79 Å². The smallest absolute Gasteiger partial charge is 0.308 e. The minimum absolute atomic E-state index is 0.288. The van der Waals surface area contributed by atoms with Crippen molar-refractivity contribution in [1.29, 1.82) is 0 Å². The molecule has 1 aromatic rings. The molecule has 1 heterocycles. The van der Waals surface area contributed by atoms with Gasteiger partial charge < -0.3 is 9.47 Å². The maximum absolute atomic E-state index is 11.5. The number of fused-ring (bicyclic) bond motifs is 2. The summed E-state index contributed by atoms with van der Waals surface area (Å²) in [5, 5.41) is 0. The summed E-state index contributed by atoms with van der Waals surface area (Å²) >= 11 is 0. The van der Waals surface area contributed by atoms with Gasteiger partial charge in [0, 0.05) is 6.92 Å². The number of carbonyl (C=O) groups is 1. The average molecular weight is 300 g/mol. The number of rotatable bonds is 1. The highest BCUT2D eigenvalue weighted by Crippen LogP contribution is 2.51. The molecule has 0 N–H and O–H groups in total. The number of allylic oxidation sites excluding steroid dienone is 1. The molecular weight excluding hydrogens is 276 g/mol. The van der Waals surface area contributed by atoms with Crippen LogP contribution in [0.2, 0.25) is 0 Å². The first kappa shape index (κ1) is 15.1. The van der Waals surface area contributed by atoms with Gasteiger partial charge in [-0.25, -0.2) is 0 Å². The van der Waals surface area contributed by atoms with Crippen molar-refractivity contribution < 1.29 is 14.3 Å². The van der Waals surface area contributed by atoms with Crippen molar-refractivity contribution in [3.05, 3.63) is 28.8 Å². The number of aryl methyl sites for hydroxylation is 1. The molecule has 0 unspecified atom stereocenters. The number of hydrogen-bond acceptors (Lipinski definition) is 3. The van der Waals surface area contributed by atoms with E-state index in [1.807, 2.05) is 19.1 Å². The SMILES string of the molecule is CC(=O)Oc1cc(C)cc2c1C1=C(CC[C@@H](C)C1)C(C)(C)O2. The summed E-state index contributed by atoms with van der Waals surface area (Å²) in [6.07, 6.45) is 3.26. The van der Waals surface area contributed by atoms with E-state index in [0.717, 1.165) is 29.7 Å². The standard InChI is InChI=1S/C19H24O3/c1-11-6-7-15-14(8-11)18-16(21-13(3)20)9-12(2)10-17(18)22-19(15,4)5/h9-11H,6-8H2,1-5H3/t11-/m1/s1. The molecule has 0 saturated heterocycles. The van der Waals surface area contributed by atoms with Crippen molar-refractivity contribution in [2.75, 3.05) is 0 Å². The van der Waals surface area contributed by atoms with E-state index in [1.54, 1.807) is 0 Å². The lowest BCUT2D eigenvalue weighted by atomic mass is 9.74. The highest BCUT2D eigenvalue weighted by molar-refractivity contribution is 5.83. The van der Waals surface area contributed by atoms with E-state index in [0.29, 0.717) is 11.7 Å². The summed E-state index contributed by atoms with van der Waals surface area (Å²) < 4.78 is 11.8. The molecule has 1 atom stereocenters. The monoisotopic (exact) mass is 300 g/mol. The Labute approximate surface area is 132 Å². The normalized spacial score (nSPS) is 22.5. The molecule has 0 bridgehead atoms. The number of esters is 1. The van der Waals surface area contributed by atoms with Crippen LogP contribution in [0, 0.1) is 12.8 Å². The Kier molecular flexibility index (Phi) is 3.54. The van der Waals surface area contributed by atoms with Crippen LogP contribution in [0.4, 0.5) is 0 Å². The van der Waals surface area contributed by atoms with Crippen molar-refractivity contribution in [3.63, 3.8) is 0 Å². The van der Waals surface area contributed by atoms with Gasteiger partial charge in [-0.3, -0.25) is 4.79 Å². The first-order valence-corrected chi connectivity index (χ1v) is 8.03. The minimum atomic E-state index is -0.288. The number of carbonyl (C=O) groups excluding carboxylic acids is 1. The summed E-state index contributed by atoms with van der Waals surface area (Å²) in [6.45, 7) is 9.99. The Balaban J connectivity index is 2.23. The van der Waals surface area contributed by atoms with E-state index in [-0.39, 0.29) is 11.6 Å². The fourth-order valence-corrected chi connectivity index (χ4v) is 3.70. The predicted octanol–water partition coefficient (Wildman–Crippen LogP) is 4.66. The molecule has 3 rings (SSSR count). The number of hydrogen-bond donors (Lipinski definition) is 0. The van der Waals surface area contributed by atoms with E-state index in [4.69, 9.17) is 9.47 Å². The van der Waals surface area contributed by atoms with E-state index >= 15 is 0 Å². The van der Waals surface area contributed by atoms with Crippen molar-refractivity contribution in [3.8, 4) is 11.5 Å². The number of ether oxygens (including phenoxy) is 2. The van der Waals surface area contributed by atoms with Crippen LogP contribution >= 0.6 is 0 Å². The lowest BCUT2D eigenvalue weighted by Crippen LogP contribution is -2.36. The van der Waals surface area contributed by atoms with Crippen LogP contribution in [0.1, 0.15) is 58.1 Å². The third kappa shape index (κ3) is 2.53. The van der Waals surface area contributed by atoms with Gasteiger partial charge in [0.05, 0.1) is 5.56 Å². The first-order chi connectivity index (χ1) is 10.3. The zero-order chi connectivity index (χ0) is 16.1. The summed E-state index contributed by atoms with van der Waals surface area (Å²) in [4.78, 5) is 11.5. The molecule has 1 aliphatic carbocycles. The van der Waals surface area contributed by atoms with Gasteiger partial charge in [0.2, 0.25) is 0 Å². The molecule has 0 saturated carbocycles. The van der Waals surface area contributed by atoms with Crippen LogP contribution in [-0.2, 0) is 4.79 Å². The molecule has 0 radical (unpaired) electrons. The molecule has 3 heteroatoms. The summed E-state index contributed by atoms with van der Waals surface area (Å²) in [6, 6.07) is 3.99. The van der Waals surface area contributed by atoms with Crippen molar-refractivity contribution in [2.45, 2.75) is 59.5 Å². The Hall–Kier alpha value is -1.77. The first-order valence-electron chi connectivity index (χ1n) is 8.03. The van der Waals surface area contributed by atoms with Gasteiger partial charge in [-0.2, -0.15) is 0 Å².